The summed E-state index contributed by atoms with van der Waals surface area (Å²) in [5, 5.41) is 10.8. The maximum atomic E-state index is 13.5. The summed E-state index contributed by atoms with van der Waals surface area (Å²) in [5.41, 5.74) is 3.69. The van der Waals surface area contributed by atoms with Crippen molar-refractivity contribution in [1.29, 1.82) is 0 Å². The fraction of sp³-hybridized carbons (Fsp3) is 0.227. The van der Waals surface area contributed by atoms with Crippen molar-refractivity contribution in [3.05, 3.63) is 70.1 Å². The predicted molar refractivity (Wildman–Crippen MR) is 119 cm³/mol. The third-order valence-electron chi connectivity index (χ3n) is 5.15. The average Bonchev–Trinajstić information content (AvgIpc) is 3.22. The zero-order chi connectivity index (χ0) is 22.1. The second-order valence-electron chi connectivity index (χ2n) is 7.15. The van der Waals surface area contributed by atoms with E-state index in [0.717, 1.165) is 11.1 Å². The van der Waals surface area contributed by atoms with E-state index in [0.29, 0.717) is 39.4 Å². The van der Waals surface area contributed by atoms with E-state index in [1.165, 1.54) is 20.5 Å². The Hall–Kier alpha value is -3.52. The molecule has 0 fully saturated rings. The topological polar surface area (TPSA) is 90.3 Å². The zero-order valence-electron chi connectivity index (χ0n) is 17.6. The standard InChI is InChI=1S/C22H22ClN5O3/c1-12-5-7-14(8-6-12)20-19(13(2)26-22-24-11-25-28(20)22)21(29)27-16-10-17(30-3)15(23)9-18(16)31-4/h5-11,20H,1-4H3,(H,27,29)(H,24,25,26). The minimum Gasteiger partial charge on any atom is -0.495 e. The fourth-order valence-electron chi connectivity index (χ4n) is 3.59. The van der Waals surface area contributed by atoms with Gasteiger partial charge in [-0.15, -0.1) is 0 Å². The van der Waals surface area contributed by atoms with Crippen LogP contribution >= 0.6 is 11.6 Å². The molecule has 2 heterocycles. The van der Waals surface area contributed by atoms with Crippen molar-refractivity contribution in [3.63, 3.8) is 0 Å². The molecule has 4 rings (SSSR count). The number of fused-ring (bicyclic) bond motifs is 1. The van der Waals surface area contributed by atoms with Gasteiger partial charge >= 0.3 is 0 Å². The monoisotopic (exact) mass is 439 g/mol. The summed E-state index contributed by atoms with van der Waals surface area (Å²) in [4.78, 5) is 17.8. The number of aromatic nitrogens is 3. The van der Waals surface area contributed by atoms with Crippen molar-refractivity contribution in [2.24, 2.45) is 0 Å². The molecule has 1 aliphatic heterocycles. The maximum Gasteiger partial charge on any atom is 0.255 e. The van der Waals surface area contributed by atoms with Gasteiger partial charge in [0.1, 0.15) is 23.9 Å². The first-order valence-electron chi connectivity index (χ1n) is 9.59. The average molecular weight is 440 g/mol. The lowest BCUT2D eigenvalue weighted by Gasteiger charge is -2.29. The van der Waals surface area contributed by atoms with Crippen LogP contribution in [-0.2, 0) is 4.79 Å². The SMILES string of the molecule is COc1cc(NC(=O)C2=C(C)Nc3ncnn3C2c2ccc(C)cc2)c(OC)cc1Cl. The highest BCUT2D eigenvalue weighted by Gasteiger charge is 2.33. The van der Waals surface area contributed by atoms with Gasteiger partial charge in [0.2, 0.25) is 5.95 Å². The van der Waals surface area contributed by atoms with Gasteiger partial charge in [-0.05, 0) is 19.4 Å². The number of nitrogens with zero attached hydrogens (tertiary/aromatic N) is 3. The number of nitrogens with one attached hydrogen (secondary N) is 2. The molecular weight excluding hydrogens is 418 g/mol. The zero-order valence-corrected chi connectivity index (χ0v) is 18.3. The van der Waals surface area contributed by atoms with Crippen LogP contribution < -0.4 is 20.1 Å². The lowest BCUT2D eigenvalue weighted by atomic mass is 9.94. The van der Waals surface area contributed by atoms with Gasteiger partial charge in [0.25, 0.3) is 5.91 Å². The van der Waals surface area contributed by atoms with Crippen LogP contribution in [0.1, 0.15) is 24.1 Å². The first-order valence-corrected chi connectivity index (χ1v) is 9.97. The third-order valence-corrected chi connectivity index (χ3v) is 5.45. The molecule has 2 aromatic carbocycles. The van der Waals surface area contributed by atoms with Gasteiger partial charge in [-0.1, -0.05) is 41.4 Å². The smallest absolute Gasteiger partial charge is 0.255 e. The number of halogens is 1. The van der Waals surface area contributed by atoms with Gasteiger partial charge in [-0.3, -0.25) is 4.79 Å². The van der Waals surface area contributed by atoms with E-state index < -0.39 is 6.04 Å². The molecule has 1 aliphatic rings. The number of hydrogen-bond donors (Lipinski definition) is 2. The van der Waals surface area contributed by atoms with E-state index in [1.54, 1.807) is 16.8 Å². The second-order valence-corrected chi connectivity index (χ2v) is 7.55. The molecule has 3 aromatic rings. The molecule has 0 bridgehead atoms. The predicted octanol–water partition coefficient (Wildman–Crippen LogP) is 4.18. The molecule has 160 valence electrons. The van der Waals surface area contributed by atoms with E-state index in [-0.39, 0.29) is 5.91 Å². The van der Waals surface area contributed by atoms with E-state index in [1.807, 2.05) is 38.1 Å². The van der Waals surface area contributed by atoms with Gasteiger partial charge in [0.05, 0.1) is 30.5 Å². The van der Waals surface area contributed by atoms with Crippen molar-refractivity contribution in [2.45, 2.75) is 19.9 Å². The van der Waals surface area contributed by atoms with Gasteiger partial charge in [0.15, 0.2) is 0 Å². The Morgan fingerprint density at radius 3 is 2.52 bits per heavy atom. The molecule has 0 radical (unpaired) electrons. The highest BCUT2D eigenvalue weighted by Crippen LogP contribution is 2.38. The molecule has 31 heavy (non-hydrogen) atoms. The molecule has 9 heteroatoms. The first-order chi connectivity index (χ1) is 14.9. The number of benzene rings is 2. The van der Waals surface area contributed by atoms with Crippen LogP contribution in [0.5, 0.6) is 11.5 Å². The van der Waals surface area contributed by atoms with Gasteiger partial charge < -0.3 is 20.1 Å². The molecule has 1 atom stereocenters. The maximum absolute atomic E-state index is 13.5. The Morgan fingerprint density at radius 2 is 1.84 bits per heavy atom. The molecule has 0 spiro atoms. The van der Waals surface area contributed by atoms with Crippen molar-refractivity contribution in [3.8, 4) is 11.5 Å². The van der Waals surface area contributed by atoms with Crippen LogP contribution in [0.25, 0.3) is 0 Å². The Balaban J connectivity index is 1.76. The molecule has 0 saturated carbocycles. The van der Waals surface area contributed by atoms with Gasteiger partial charge in [0, 0.05) is 17.8 Å². The molecule has 1 amide bonds. The van der Waals surface area contributed by atoms with E-state index in [2.05, 4.69) is 20.7 Å². The second kappa shape index (κ2) is 8.31. The number of ether oxygens (including phenoxy) is 2. The molecule has 2 N–H and O–H groups in total. The Kier molecular flexibility index (Phi) is 5.56. The minimum atomic E-state index is -0.445. The quantitative estimate of drug-likeness (QED) is 0.619. The van der Waals surface area contributed by atoms with Crippen molar-refractivity contribution in [1.82, 2.24) is 14.8 Å². The van der Waals surface area contributed by atoms with Crippen LogP contribution in [-0.4, -0.2) is 34.9 Å². The number of allylic oxidation sites excluding steroid dienone is 1. The first kappa shape index (κ1) is 20.7. The third kappa shape index (κ3) is 3.82. The van der Waals surface area contributed by atoms with Gasteiger partial charge in [-0.25, -0.2) is 4.68 Å². The van der Waals surface area contributed by atoms with Gasteiger partial charge in [-0.2, -0.15) is 10.1 Å². The molecule has 1 aromatic heterocycles. The van der Waals surface area contributed by atoms with Crippen LogP contribution in [0.2, 0.25) is 5.02 Å². The van der Waals surface area contributed by atoms with Crippen molar-refractivity contribution < 1.29 is 14.3 Å². The number of amides is 1. The lowest BCUT2D eigenvalue weighted by molar-refractivity contribution is -0.113. The molecular formula is C22H22ClN5O3. The number of hydrogen-bond acceptors (Lipinski definition) is 6. The van der Waals surface area contributed by atoms with Crippen LogP contribution in [0.3, 0.4) is 0 Å². The van der Waals surface area contributed by atoms with E-state index >= 15 is 0 Å². The van der Waals surface area contributed by atoms with Crippen LogP contribution in [0, 0.1) is 6.92 Å². The highest BCUT2D eigenvalue weighted by molar-refractivity contribution is 6.32. The van der Waals surface area contributed by atoms with E-state index in [4.69, 9.17) is 21.1 Å². The molecule has 0 aliphatic carbocycles. The normalized spacial score (nSPS) is 15.2. The summed E-state index contributed by atoms with van der Waals surface area (Å²) in [6, 6.07) is 10.8. The minimum absolute atomic E-state index is 0.306. The summed E-state index contributed by atoms with van der Waals surface area (Å²) in [7, 11) is 3.02. The number of anilines is 2. The Morgan fingerprint density at radius 1 is 1.13 bits per heavy atom. The summed E-state index contributed by atoms with van der Waals surface area (Å²) >= 11 is 6.19. The summed E-state index contributed by atoms with van der Waals surface area (Å²) in [6.45, 7) is 3.86. The lowest BCUT2D eigenvalue weighted by Crippen LogP contribution is -2.31. The largest absolute Gasteiger partial charge is 0.495 e. The Labute approximate surface area is 184 Å². The fourth-order valence-corrected chi connectivity index (χ4v) is 3.82. The van der Waals surface area contributed by atoms with Crippen molar-refractivity contribution >= 4 is 29.1 Å². The number of carbonyl (C=O) groups excluding carboxylic acids is 1. The summed E-state index contributed by atoms with van der Waals surface area (Å²) in [5.74, 6) is 1.12. The molecule has 8 nitrogen and oxygen atoms in total. The van der Waals surface area contributed by atoms with Crippen LogP contribution in [0.4, 0.5) is 11.6 Å². The summed E-state index contributed by atoms with van der Waals surface area (Å²) < 4.78 is 12.4. The molecule has 1 unspecified atom stereocenters. The number of rotatable bonds is 5. The van der Waals surface area contributed by atoms with Crippen molar-refractivity contribution in [2.75, 3.05) is 24.9 Å². The number of methoxy groups -OCH3 is 2. The highest BCUT2D eigenvalue weighted by atomic mass is 35.5. The Bertz CT molecular complexity index is 1170. The van der Waals surface area contributed by atoms with E-state index in [9.17, 15) is 4.79 Å². The summed E-state index contributed by atoms with van der Waals surface area (Å²) in [6.07, 6.45) is 1.46. The number of aryl methyl sites for hydroxylation is 1. The molecule has 0 saturated heterocycles. The number of carbonyl (C=O) groups is 1. The van der Waals surface area contributed by atoms with Crippen LogP contribution in [0.15, 0.2) is 54.0 Å².